The van der Waals surface area contributed by atoms with Crippen LogP contribution in [0.2, 0.25) is 11.3 Å². The lowest BCUT2D eigenvalue weighted by molar-refractivity contribution is -0.139. The lowest BCUT2D eigenvalue weighted by Gasteiger charge is -2.16. The van der Waals surface area contributed by atoms with Crippen molar-refractivity contribution in [1.29, 1.82) is 0 Å². The maximum absolute atomic E-state index is 11.9. The Hall–Kier alpha value is -1.89. The van der Waals surface area contributed by atoms with Crippen molar-refractivity contribution < 1.29 is 19.9 Å². The Bertz CT molecular complexity index is 785. The molecule has 0 bridgehead atoms. The molecule has 136 valence electrons. The van der Waals surface area contributed by atoms with Crippen LogP contribution in [0, 0.1) is 5.92 Å². The second-order valence-corrected chi connectivity index (χ2v) is 7.24. The Morgan fingerprint density at radius 3 is 2.77 bits per heavy atom. The van der Waals surface area contributed by atoms with Gasteiger partial charge in [0.1, 0.15) is 0 Å². The highest BCUT2D eigenvalue weighted by molar-refractivity contribution is 6.40. The van der Waals surface area contributed by atoms with E-state index in [0.29, 0.717) is 30.7 Å². The summed E-state index contributed by atoms with van der Waals surface area (Å²) in [6.07, 6.45) is 4.40. The second kappa shape index (κ2) is 8.21. The highest BCUT2D eigenvalue weighted by Crippen LogP contribution is 2.43. The van der Waals surface area contributed by atoms with Crippen LogP contribution in [0.5, 0.6) is 0 Å². The topological polar surface area (TPSA) is 90.7 Å². The van der Waals surface area contributed by atoms with Crippen molar-refractivity contribution >= 4 is 24.7 Å². The molecule has 3 N–H and O–H groups in total. The van der Waals surface area contributed by atoms with E-state index in [-0.39, 0.29) is 12.2 Å². The van der Waals surface area contributed by atoms with Gasteiger partial charge in [0.25, 0.3) is 0 Å². The first-order valence-corrected chi connectivity index (χ1v) is 9.13. The first-order valence-electron chi connectivity index (χ1n) is 8.75. The number of pyridine rings is 1. The molecule has 1 heterocycles. The summed E-state index contributed by atoms with van der Waals surface area (Å²) in [7, 11) is -1.35. The normalized spacial score (nSPS) is 18.6. The number of aliphatic carboxylic acids is 1. The molecule has 2 aromatic rings. The fourth-order valence-electron chi connectivity index (χ4n) is 3.80. The van der Waals surface area contributed by atoms with Crippen molar-refractivity contribution in [3.8, 4) is 0 Å². The number of halogens is 1. The maximum atomic E-state index is 11.9. The van der Waals surface area contributed by atoms with Gasteiger partial charge in [-0.1, -0.05) is 30.2 Å². The number of carboxylic acid groups (broad SMARTS) is 1. The van der Waals surface area contributed by atoms with E-state index in [4.69, 9.17) is 21.6 Å². The largest absolute Gasteiger partial charge is 0.481 e. The van der Waals surface area contributed by atoms with E-state index >= 15 is 0 Å². The SMILES string of the molecule is O=C(O)C1c2cc(Cc3ccccn3)c(Cl)cc2CC1CCCB(O)O. The zero-order valence-electron chi connectivity index (χ0n) is 14.3. The van der Waals surface area contributed by atoms with Crippen LogP contribution >= 0.6 is 11.6 Å². The first-order chi connectivity index (χ1) is 12.5. The summed E-state index contributed by atoms with van der Waals surface area (Å²) in [5.41, 5.74) is 3.55. The van der Waals surface area contributed by atoms with E-state index in [1.807, 2.05) is 30.3 Å². The summed E-state index contributed by atoms with van der Waals surface area (Å²) in [6.45, 7) is 0. The van der Waals surface area contributed by atoms with Gasteiger partial charge in [-0.05, 0) is 60.0 Å². The molecule has 5 nitrogen and oxygen atoms in total. The Morgan fingerprint density at radius 1 is 1.31 bits per heavy atom. The van der Waals surface area contributed by atoms with Gasteiger partial charge in [0.05, 0.1) is 5.92 Å². The van der Waals surface area contributed by atoms with Crippen LogP contribution in [0.15, 0.2) is 36.5 Å². The molecule has 0 saturated carbocycles. The van der Waals surface area contributed by atoms with Crippen molar-refractivity contribution in [1.82, 2.24) is 4.98 Å². The van der Waals surface area contributed by atoms with E-state index < -0.39 is 19.0 Å². The molecule has 1 aliphatic carbocycles. The molecule has 1 aliphatic rings. The average Bonchev–Trinajstić information content (AvgIpc) is 2.93. The van der Waals surface area contributed by atoms with Gasteiger partial charge >= 0.3 is 13.1 Å². The van der Waals surface area contributed by atoms with Gasteiger partial charge in [-0.3, -0.25) is 9.78 Å². The highest BCUT2D eigenvalue weighted by atomic mass is 35.5. The zero-order chi connectivity index (χ0) is 18.7. The fourth-order valence-corrected chi connectivity index (χ4v) is 4.05. The molecule has 2 unspecified atom stereocenters. The number of aromatic nitrogens is 1. The third-order valence-corrected chi connectivity index (χ3v) is 5.35. The van der Waals surface area contributed by atoms with Crippen LogP contribution in [-0.2, 0) is 17.6 Å². The second-order valence-electron chi connectivity index (χ2n) is 6.83. The molecule has 0 aliphatic heterocycles. The third kappa shape index (κ3) is 4.26. The van der Waals surface area contributed by atoms with E-state index in [1.54, 1.807) is 6.20 Å². The van der Waals surface area contributed by atoms with Gasteiger partial charge in [-0.25, -0.2) is 0 Å². The van der Waals surface area contributed by atoms with E-state index in [2.05, 4.69) is 4.98 Å². The van der Waals surface area contributed by atoms with Crippen molar-refractivity contribution in [3.05, 3.63) is 63.9 Å². The highest BCUT2D eigenvalue weighted by Gasteiger charge is 2.37. The molecule has 0 radical (unpaired) electrons. The Balaban J connectivity index is 1.84. The molecule has 0 amide bonds. The van der Waals surface area contributed by atoms with Crippen LogP contribution in [0.25, 0.3) is 0 Å². The lowest BCUT2D eigenvalue weighted by Crippen LogP contribution is -2.18. The van der Waals surface area contributed by atoms with Crippen molar-refractivity contribution in [2.45, 2.75) is 37.9 Å². The van der Waals surface area contributed by atoms with Gasteiger partial charge in [0.15, 0.2) is 0 Å². The van der Waals surface area contributed by atoms with E-state index in [9.17, 15) is 9.90 Å². The quantitative estimate of drug-likeness (QED) is 0.649. The zero-order valence-corrected chi connectivity index (χ0v) is 15.1. The summed E-state index contributed by atoms with van der Waals surface area (Å²) in [5, 5.41) is 28.4. The average molecular weight is 374 g/mol. The molecule has 0 fully saturated rings. The maximum Gasteiger partial charge on any atom is 0.451 e. The standard InChI is InChI=1S/C19H21BClNO4/c21-17-11-13-8-12(4-3-6-20(25)26)18(19(23)24)16(13)10-14(17)9-15-5-1-2-7-22-15/h1-2,5,7,10-12,18,25-26H,3-4,6,8-9H2,(H,23,24). The molecule has 7 heteroatoms. The van der Waals surface area contributed by atoms with Crippen LogP contribution in [-0.4, -0.2) is 33.2 Å². The molecule has 1 aromatic carbocycles. The lowest BCUT2D eigenvalue weighted by atomic mass is 9.80. The molecule has 0 saturated heterocycles. The summed E-state index contributed by atoms with van der Waals surface area (Å²) in [5.74, 6) is -1.48. The Morgan fingerprint density at radius 2 is 2.12 bits per heavy atom. The predicted molar refractivity (Wildman–Crippen MR) is 100 cm³/mol. The van der Waals surface area contributed by atoms with Crippen LogP contribution in [0.3, 0.4) is 0 Å². The van der Waals surface area contributed by atoms with Gasteiger partial charge in [-0.15, -0.1) is 0 Å². The molecular formula is C19H21BClNO4. The summed E-state index contributed by atoms with van der Waals surface area (Å²) < 4.78 is 0. The number of benzene rings is 1. The Kier molecular flexibility index (Phi) is 5.96. The minimum absolute atomic E-state index is 0.0533. The molecular weight excluding hydrogens is 352 g/mol. The number of fused-ring (bicyclic) bond motifs is 1. The van der Waals surface area contributed by atoms with Crippen molar-refractivity contribution in [3.63, 3.8) is 0 Å². The number of hydrogen-bond donors (Lipinski definition) is 3. The minimum Gasteiger partial charge on any atom is -0.481 e. The number of rotatable bonds is 7. The van der Waals surface area contributed by atoms with Crippen LogP contribution in [0.1, 0.15) is 41.1 Å². The number of nitrogens with zero attached hydrogens (tertiary/aromatic N) is 1. The van der Waals surface area contributed by atoms with Gasteiger partial charge in [0.2, 0.25) is 0 Å². The number of hydrogen-bond acceptors (Lipinski definition) is 4. The predicted octanol–water partition coefficient (Wildman–Crippen LogP) is 2.92. The Labute approximate surface area is 157 Å². The monoisotopic (exact) mass is 373 g/mol. The molecule has 2 atom stereocenters. The molecule has 3 rings (SSSR count). The first kappa shape index (κ1) is 18.9. The minimum atomic E-state index is -1.35. The molecule has 0 spiro atoms. The third-order valence-electron chi connectivity index (χ3n) is 5.00. The van der Waals surface area contributed by atoms with Crippen LogP contribution in [0.4, 0.5) is 0 Å². The molecule has 26 heavy (non-hydrogen) atoms. The van der Waals surface area contributed by atoms with Crippen molar-refractivity contribution in [2.24, 2.45) is 5.92 Å². The number of carboxylic acids is 1. The fraction of sp³-hybridized carbons (Fsp3) is 0.368. The summed E-state index contributed by atoms with van der Waals surface area (Å²) in [6, 6.07) is 9.47. The van der Waals surface area contributed by atoms with Crippen molar-refractivity contribution in [2.75, 3.05) is 0 Å². The van der Waals surface area contributed by atoms with Gasteiger partial charge in [0, 0.05) is 23.3 Å². The van der Waals surface area contributed by atoms with Gasteiger partial charge < -0.3 is 15.2 Å². The molecule has 1 aromatic heterocycles. The van der Waals surface area contributed by atoms with E-state index in [1.165, 1.54) is 0 Å². The summed E-state index contributed by atoms with van der Waals surface area (Å²) >= 11 is 6.44. The van der Waals surface area contributed by atoms with Gasteiger partial charge in [-0.2, -0.15) is 0 Å². The summed E-state index contributed by atoms with van der Waals surface area (Å²) in [4.78, 5) is 16.2. The van der Waals surface area contributed by atoms with Crippen LogP contribution < -0.4 is 0 Å². The smallest absolute Gasteiger partial charge is 0.451 e. The van der Waals surface area contributed by atoms with E-state index in [0.717, 1.165) is 22.4 Å². The number of carbonyl (C=O) groups is 1.